The number of aryl methyl sites for hydroxylation is 1. The Morgan fingerprint density at radius 1 is 1.47 bits per heavy atom. The molecule has 2 atom stereocenters. The highest BCUT2D eigenvalue weighted by Gasteiger charge is 2.24. The summed E-state index contributed by atoms with van der Waals surface area (Å²) in [6.07, 6.45) is 9.25. The second-order valence-electron chi connectivity index (χ2n) is 4.45. The van der Waals surface area contributed by atoms with E-state index in [9.17, 15) is 5.11 Å². The molecule has 2 rings (SSSR count). The molecule has 2 unspecified atom stereocenters. The van der Waals surface area contributed by atoms with E-state index in [1.165, 1.54) is 12.8 Å². The fourth-order valence-corrected chi connectivity index (χ4v) is 2.48. The molecule has 1 fully saturated rings. The van der Waals surface area contributed by atoms with Gasteiger partial charge in [0.25, 0.3) is 0 Å². The summed E-state index contributed by atoms with van der Waals surface area (Å²) in [7, 11) is 0. The van der Waals surface area contributed by atoms with Crippen molar-refractivity contribution in [2.24, 2.45) is 5.92 Å². The van der Waals surface area contributed by atoms with Gasteiger partial charge in [0.05, 0.1) is 6.10 Å². The summed E-state index contributed by atoms with van der Waals surface area (Å²) in [5.41, 5.74) is 0. The molecule has 0 spiro atoms. The van der Waals surface area contributed by atoms with Gasteiger partial charge in [-0.1, -0.05) is 12.8 Å². The number of imidazole rings is 1. The minimum absolute atomic E-state index is 0.110. The van der Waals surface area contributed by atoms with Crippen molar-refractivity contribution in [2.75, 3.05) is 0 Å². The van der Waals surface area contributed by atoms with Gasteiger partial charge in [-0.05, 0) is 25.7 Å². The van der Waals surface area contributed by atoms with Crippen LogP contribution in [0.15, 0.2) is 12.4 Å². The van der Waals surface area contributed by atoms with Gasteiger partial charge < -0.3 is 9.67 Å². The van der Waals surface area contributed by atoms with Crippen LogP contribution < -0.4 is 0 Å². The molecule has 84 valence electrons. The molecule has 0 bridgehead atoms. The Balaban J connectivity index is 2.01. The van der Waals surface area contributed by atoms with Gasteiger partial charge in [-0.2, -0.15) is 0 Å². The van der Waals surface area contributed by atoms with Gasteiger partial charge in [-0.25, -0.2) is 4.98 Å². The summed E-state index contributed by atoms with van der Waals surface area (Å²) in [6.45, 7) is 3.10. The van der Waals surface area contributed by atoms with Crippen LogP contribution in [-0.2, 0) is 13.0 Å². The highest BCUT2D eigenvalue weighted by atomic mass is 16.3. The summed E-state index contributed by atoms with van der Waals surface area (Å²) in [5, 5.41) is 9.89. The summed E-state index contributed by atoms with van der Waals surface area (Å²) in [6, 6.07) is 0. The van der Waals surface area contributed by atoms with Crippen molar-refractivity contribution in [3.63, 3.8) is 0 Å². The number of aliphatic hydroxyl groups excluding tert-OH is 1. The monoisotopic (exact) mass is 208 g/mol. The lowest BCUT2D eigenvalue weighted by atomic mass is 9.84. The third kappa shape index (κ3) is 2.40. The van der Waals surface area contributed by atoms with Crippen molar-refractivity contribution < 1.29 is 5.11 Å². The molecule has 0 aromatic carbocycles. The quantitative estimate of drug-likeness (QED) is 0.825. The van der Waals surface area contributed by atoms with Crippen LogP contribution in [0.5, 0.6) is 0 Å². The molecule has 1 N–H and O–H groups in total. The zero-order valence-electron chi connectivity index (χ0n) is 9.39. The molecule has 0 aliphatic heterocycles. The second kappa shape index (κ2) is 4.79. The standard InChI is InChI=1S/C12H20N2O/c1-2-14-8-7-13-12(14)9-10-5-3-4-6-11(10)15/h7-8,10-11,15H,2-6,9H2,1H3. The maximum Gasteiger partial charge on any atom is 0.108 e. The van der Waals surface area contributed by atoms with Crippen LogP contribution in [0.25, 0.3) is 0 Å². The molecule has 1 aliphatic rings. The third-order valence-corrected chi connectivity index (χ3v) is 3.46. The highest BCUT2D eigenvalue weighted by Crippen LogP contribution is 2.26. The Morgan fingerprint density at radius 3 is 3.00 bits per heavy atom. The Bertz CT molecular complexity index is 308. The van der Waals surface area contributed by atoms with Gasteiger partial charge in [0.2, 0.25) is 0 Å². The van der Waals surface area contributed by atoms with Crippen LogP contribution in [-0.4, -0.2) is 20.8 Å². The van der Waals surface area contributed by atoms with E-state index in [0.717, 1.165) is 31.6 Å². The first-order chi connectivity index (χ1) is 7.31. The van der Waals surface area contributed by atoms with Crippen LogP contribution in [0.1, 0.15) is 38.4 Å². The van der Waals surface area contributed by atoms with Crippen molar-refractivity contribution >= 4 is 0 Å². The van der Waals surface area contributed by atoms with Crippen molar-refractivity contribution in [3.8, 4) is 0 Å². The molecule has 1 heterocycles. The molecular weight excluding hydrogens is 188 g/mol. The van der Waals surface area contributed by atoms with Gasteiger partial charge in [-0.15, -0.1) is 0 Å². The van der Waals surface area contributed by atoms with E-state index in [1.807, 2.05) is 12.4 Å². The van der Waals surface area contributed by atoms with Crippen molar-refractivity contribution in [1.29, 1.82) is 0 Å². The van der Waals surface area contributed by atoms with Gasteiger partial charge in [0.15, 0.2) is 0 Å². The van der Waals surface area contributed by atoms with Crippen LogP contribution >= 0.6 is 0 Å². The Morgan fingerprint density at radius 2 is 2.27 bits per heavy atom. The molecule has 15 heavy (non-hydrogen) atoms. The van der Waals surface area contributed by atoms with E-state index in [1.54, 1.807) is 0 Å². The number of aliphatic hydroxyl groups is 1. The predicted molar refractivity (Wildman–Crippen MR) is 59.6 cm³/mol. The molecule has 1 aromatic heterocycles. The number of hydrogen-bond donors (Lipinski definition) is 1. The van der Waals surface area contributed by atoms with Crippen LogP contribution in [0.3, 0.4) is 0 Å². The first-order valence-electron chi connectivity index (χ1n) is 5.99. The molecule has 0 radical (unpaired) electrons. The minimum Gasteiger partial charge on any atom is -0.393 e. The van der Waals surface area contributed by atoms with E-state index in [2.05, 4.69) is 16.5 Å². The Labute approximate surface area is 91.1 Å². The number of aromatic nitrogens is 2. The number of hydrogen-bond acceptors (Lipinski definition) is 2. The van der Waals surface area contributed by atoms with Gasteiger partial charge in [0, 0.05) is 25.4 Å². The molecule has 1 aliphatic carbocycles. The van der Waals surface area contributed by atoms with Gasteiger partial charge in [-0.3, -0.25) is 0 Å². The van der Waals surface area contributed by atoms with Crippen molar-refractivity contribution in [1.82, 2.24) is 9.55 Å². The molecule has 0 saturated heterocycles. The van der Waals surface area contributed by atoms with Gasteiger partial charge in [0.1, 0.15) is 5.82 Å². The first-order valence-corrected chi connectivity index (χ1v) is 5.99. The fraction of sp³-hybridized carbons (Fsp3) is 0.750. The van der Waals surface area contributed by atoms with Crippen molar-refractivity contribution in [2.45, 2.75) is 51.7 Å². The van der Waals surface area contributed by atoms with E-state index in [4.69, 9.17) is 0 Å². The minimum atomic E-state index is -0.110. The van der Waals surface area contributed by atoms with Crippen molar-refractivity contribution in [3.05, 3.63) is 18.2 Å². The van der Waals surface area contributed by atoms with Crippen LogP contribution in [0.2, 0.25) is 0 Å². The lowest BCUT2D eigenvalue weighted by Gasteiger charge is -2.27. The largest absolute Gasteiger partial charge is 0.393 e. The summed E-state index contributed by atoms with van der Waals surface area (Å²) in [4.78, 5) is 4.37. The van der Waals surface area contributed by atoms with E-state index < -0.39 is 0 Å². The SMILES string of the molecule is CCn1ccnc1CC1CCCCC1O. The molecule has 3 nitrogen and oxygen atoms in total. The van der Waals surface area contributed by atoms with Crippen LogP contribution in [0, 0.1) is 5.92 Å². The molecule has 0 amide bonds. The normalized spacial score (nSPS) is 26.8. The van der Waals surface area contributed by atoms with E-state index in [0.29, 0.717) is 5.92 Å². The molecule has 1 saturated carbocycles. The maximum atomic E-state index is 9.89. The van der Waals surface area contributed by atoms with E-state index in [-0.39, 0.29) is 6.10 Å². The average Bonchev–Trinajstić information content (AvgIpc) is 2.69. The number of nitrogens with zero attached hydrogens (tertiary/aromatic N) is 2. The van der Waals surface area contributed by atoms with E-state index >= 15 is 0 Å². The Hall–Kier alpha value is -0.830. The zero-order chi connectivity index (χ0) is 10.7. The van der Waals surface area contributed by atoms with Crippen LogP contribution in [0.4, 0.5) is 0 Å². The smallest absolute Gasteiger partial charge is 0.108 e. The lowest BCUT2D eigenvalue weighted by molar-refractivity contribution is 0.0685. The molecule has 1 aromatic rings. The second-order valence-corrected chi connectivity index (χ2v) is 4.45. The summed E-state index contributed by atoms with van der Waals surface area (Å²) >= 11 is 0. The number of rotatable bonds is 3. The summed E-state index contributed by atoms with van der Waals surface area (Å²) < 4.78 is 2.17. The average molecular weight is 208 g/mol. The predicted octanol–water partition coefficient (Wildman–Crippen LogP) is 2.00. The zero-order valence-corrected chi connectivity index (χ0v) is 9.39. The summed E-state index contributed by atoms with van der Waals surface area (Å²) in [5.74, 6) is 1.55. The first kappa shape index (κ1) is 10.7. The lowest BCUT2D eigenvalue weighted by Crippen LogP contribution is -2.27. The topological polar surface area (TPSA) is 38.0 Å². The maximum absolute atomic E-state index is 9.89. The fourth-order valence-electron chi connectivity index (χ4n) is 2.48. The third-order valence-electron chi connectivity index (χ3n) is 3.46. The van der Waals surface area contributed by atoms with Gasteiger partial charge >= 0.3 is 0 Å². The molecular formula is C12H20N2O. The highest BCUT2D eigenvalue weighted by molar-refractivity contribution is 4.95. The molecule has 3 heteroatoms. The Kier molecular flexibility index (Phi) is 3.41.